The number of carbonyl (C=O) groups excluding carboxylic acids is 4. The number of aliphatic hydroxyl groups is 3. The number of nitrogens with zero attached hydrogens (tertiary/aromatic N) is 1. The van der Waals surface area contributed by atoms with Crippen molar-refractivity contribution in [3.05, 3.63) is 51.8 Å². The van der Waals surface area contributed by atoms with Crippen LogP contribution in [0.5, 0.6) is 5.75 Å². The molecule has 1 fully saturated rings. The van der Waals surface area contributed by atoms with Crippen molar-refractivity contribution in [1.82, 2.24) is 4.90 Å². The molecule has 4 unspecified atom stereocenters. The second kappa shape index (κ2) is 8.61. The first-order valence-corrected chi connectivity index (χ1v) is 11.1. The molecule has 1 aromatic rings. The van der Waals surface area contributed by atoms with Crippen molar-refractivity contribution in [3.8, 4) is 5.75 Å². The highest BCUT2D eigenvalue weighted by molar-refractivity contribution is 6.24. The first kappa shape index (κ1) is 25.1. The number of phenols is 1. The largest absolute Gasteiger partial charge is 0.508 e. The number of rotatable bonds is 4. The lowest BCUT2D eigenvalue weighted by molar-refractivity contribution is -0.153. The van der Waals surface area contributed by atoms with Crippen LogP contribution in [0.2, 0.25) is 0 Å². The standard InChI is InChI=1S/C25H26N2O9/c1-27(2)19-13-9-11-8-12-10(5-7-15(29)36-3)4-6-14(28)17(12)20(30)16(11)22(32)25(13,35)23(33)18(21(19)31)24(26)34/h4-7,11,13,19,28,30,33,35H,8-9H2,1-3H3,(H2,26,34)/b7-5+. The van der Waals surface area contributed by atoms with Crippen LogP contribution in [0.3, 0.4) is 0 Å². The number of ether oxygens (including phenoxy) is 1. The zero-order valence-electron chi connectivity index (χ0n) is 19.8. The van der Waals surface area contributed by atoms with Crippen LogP contribution in [0.25, 0.3) is 11.8 Å². The maximum Gasteiger partial charge on any atom is 0.330 e. The number of primary amides is 1. The van der Waals surface area contributed by atoms with Crippen LogP contribution < -0.4 is 5.73 Å². The van der Waals surface area contributed by atoms with E-state index in [1.165, 1.54) is 50.4 Å². The van der Waals surface area contributed by atoms with Gasteiger partial charge in [0.05, 0.1) is 18.7 Å². The lowest BCUT2D eigenvalue weighted by atomic mass is 9.57. The number of ketones is 2. The molecule has 1 aromatic carbocycles. The number of esters is 1. The monoisotopic (exact) mass is 498 g/mol. The van der Waals surface area contributed by atoms with Gasteiger partial charge in [0, 0.05) is 17.6 Å². The molecular formula is C25H26N2O9. The Hall–Kier alpha value is -3.96. The Bertz CT molecular complexity index is 1310. The van der Waals surface area contributed by atoms with Crippen molar-refractivity contribution in [2.45, 2.75) is 24.5 Å². The number of amides is 1. The third-order valence-corrected chi connectivity index (χ3v) is 7.24. The molecule has 1 saturated carbocycles. The molecule has 4 atom stereocenters. The van der Waals surface area contributed by atoms with E-state index in [9.17, 15) is 39.6 Å². The highest BCUT2D eigenvalue weighted by Gasteiger charge is 2.64. The van der Waals surface area contributed by atoms with Crippen molar-refractivity contribution in [3.63, 3.8) is 0 Å². The molecule has 0 aromatic heterocycles. The summed E-state index contributed by atoms with van der Waals surface area (Å²) in [6.07, 6.45) is 2.71. The van der Waals surface area contributed by atoms with Gasteiger partial charge < -0.3 is 30.9 Å². The van der Waals surface area contributed by atoms with Gasteiger partial charge in [-0.3, -0.25) is 19.3 Å². The molecule has 0 heterocycles. The minimum absolute atomic E-state index is 0.0262. The lowest BCUT2D eigenvalue weighted by Crippen LogP contribution is -2.65. The molecule has 0 aliphatic heterocycles. The second-order valence-corrected chi connectivity index (χ2v) is 9.35. The fraction of sp³-hybridized carbons (Fsp3) is 0.360. The fourth-order valence-corrected chi connectivity index (χ4v) is 5.65. The Morgan fingerprint density at radius 3 is 2.44 bits per heavy atom. The number of Topliss-reactive ketones (excluding diaryl/α,β-unsaturated/α-hetero) is 2. The Kier molecular flexibility index (Phi) is 6.01. The van der Waals surface area contributed by atoms with Gasteiger partial charge in [-0.2, -0.15) is 0 Å². The van der Waals surface area contributed by atoms with E-state index in [2.05, 4.69) is 4.74 Å². The fourth-order valence-electron chi connectivity index (χ4n) is 5.65. The van der Waals surface area contributed by atoms with Crippen LogP contribution in [0.15, 0.2) is 35.1 Å². The first-order chi connectivity index (χ1) is 16.9. The molecular weight excluding hydrogens is 472 g/mol. The van der Waals surface area contributed by atoms with Gasteiger partial charge in [-0.1, -0.05) is 6.07 Å². The van der Waals surface area contributed by atoms with Crippen molar-refractivity contribution in [2.24, 2.45) is 17.6 Å². The number of methoxy groups -OCH3 is 1. The van der Waals surface area contributed by atoms with Gasteiger partial charge in [-0.25, -0.2) is 4.79 Å². The van der Waals surface area contributed by atoms with Crippen molar-refractivity contribution in [1.29, 1.82) is 0 Å². The van der Waals surface area contributed by atoms with Gasteiger partial charge in [-0.15, -0.1) is 0 Å². The smallest absolute Gasteiger partial charge is 0.330 e. The number of hydrogen-bond acceptors (Lipinski definition) is 10. The Morgan fingerprint density at radius 1 is 1.19 bits per heavy atom. The predicted molar refractivity (Wildman–Crippen MR) is 125 cm³/mol. The van der Waals surface area contributed by atoms with Crippen LogP contribution in [0.1, 0.15) is 23.1 Å². The summed E-state index contributed by atoms with van der Waals surface area (Å²) in [5, 5.41) is 44.0. The molecule has 190 valence electrons. The Balaban J connectivity index is 1.94. The molecule has 36 heavy (non-hydrogen) atoms. The van der Waals surface area contributed by atoms with E-state index in [1.54, 1.807) is 0 Å². The summed E-state index contributed by atoms with van der Waals surface area (Å²) in [6.45, 7) is 0. The highest BCUT2D eigenvalue weighted by atomic mass is 16.5. The summed E-state index contributed by atoms with van der Waals surface area (Å²) in [7, 11) is 4.27. The third-order valence-electron chi connectivity index (χ3n) is 7.24. The first-order valence-electron chi connectivity index (χ1n) is 11.1. The SMILES string of the molecule is COC(=O)/C=C/c1ccc(O)c2c1CC1CC3C(N(C)C)C(=O)C(C(N)=O)=C(O)C3(O)C(=O)C1=C2O. The van der Waals surface area contributed by atoms with Crippen molar-refractivity contribution in [2.75, 3.05) is 21.2 Å². The normalized spacial score (nSPS) is 27.8. The van der Waals surface area contributed by atoms with Gasteiger partial charge in [0.2, 0.25) is 5.78 Å². The maximum absolute atomic E-state index is 13.7. The number of carbonyl (C=O) groups is 4. The molecule has 3 aliphatic rings. The van der Waals surface area contributed by atoms with Gasteiger partial charge in [0.15, 0.2) is 11.4 Å². The van der Waals surface area contributed by atoms with E-state index in [0.717, 1.165) is 0 Å². The number of benzene rings is 1. The van der Waals surface area contributed by atoms with Gasteiger partial charge in [-0.05, 0) is 56.1 Å². The topological polar surface area (TPSA) is 188 Å². The number of hydrogen-bond donors (Lipinski definition) is 5. The van der Waals surface area contributed by atoms with Crippen LogP contribution in [-0.4, -0.2) is 81.6 Å². The van der Waals surface area contributed by atoms with E-state index in [4.69, 9.17) is 5.73 Å². The average Bonchev–Trinajstić information content (AvgIpc) is 2.80. The minimum Gasteiger partial charge on any atom is -0.508 e. The Morgan fingerprint density at radius 2 is 1.86 bits per heavy atom. The summed E-state index contributed by atoms with van der Waals surface area (Å²) in [6, 6.07) is 1.65. The van der Waals surface area contributed by atoms with Crippen molar-refractivity contribution < 1.29 is 44.3 Å². The number of aromatic hydroxyl groups is 1. The van der Waals surface area contributed by atoms with E-state index in [0.29, 0.717) is 11.1 Å². The molecule has 3 aliphatic carbocycles. The number of likely N-dealkylation sites (N-methyl/N-ethyl adjacent to an activating group) is 1. The lowest BCUT2D eigenvalue weighted by Gasteiger charge is -2.50. The predicted octanol–water partition coefficient (Wildman–Crippen LogP) is 0.150. The summed E-state index contributed by atoms with van der Waals surface area (Å²) >= 11 is 0. The molecule has 0 saturated heterocycles. The van der Waals surface area contributed by atoms with Crippen LogP contribution >= 0.6 is 0 Å². The molecule has 6 N–H and O–H groups in total. The van der Waals surface area contributed by atoms with Crippen molar-refractivity contribution >= 4 is 35.3 Å². The van der Waals surface area contributed by atoms with Crippen LogP contribution in [0, 0.1) is 11.8 Å². The number of phenolic OH excluding ortho intramolecular Hbond substituents is 1. The quantitative estimate of drug-likeness (QED) is 0.217. The summed E-state index contributed by atoms with van der Waals surface area (Å²) in [5.41, 5.74) is 2.37. The molecule has 11 heteroatoms. The van der Waals surface area contributed by atoms with Gasteiger partial charge >= 0.3 is 5.97 Å². The van der Waals surface area contributed by atoms with E-state index >= 15 is 0 Å². The third kappa shape index (κ3) is 3.42. The van der Waals surface area contributed by atoms with E-state index in [1.807, 2.05) is 0 Å². The molecule has 4 rings (SSSR count). The van der Waals surface area contributed by atoms with Crippen LogP contribution in [0.4, 0.5) is 0 Å². The minimum atomic E-state index is -2.69. The molecule has 11 nitrogen and oxygen atoms in total. The molecule has 0 radical (unpaired) electrons. The number of nitrogens with two attached hydrogens (primary N) is 1. The summed E-state index contributed by atoms with van der Waals surface area (Å²) < 4.78 is 4.61. The zero-order valence-corrected chi connectivity index (χ0v) is 19.8. The molecule has 1 amide bonds. The molecule has 0 spiro atoms. The maximum atomic E-state index is 13.7. The summed E-state index contributed by atoms with van der Waals surface area (Å²) in [4.78, 5) is 51.9. The molecule has 0 bridgehead atoms. The van der Waals surface area contributed by atoms with E-state index < -0.39 is 64.0 Å². The van der Waals surface area contributed by atoms with E-state index in [-0.39, 0.29) is 29.7 Å². The average molecular weight is 498 g/mol. The Labute approximate surface area is 205 Å². The number of aliphatic hydroxyl groups excluding tert-OH is 2. The second-order valence-electron chi connectivity index (χ2n) is 9.35. The van der Waals surface area contributed by atoms with Gasteiger partial charge in [0.1, 0.15) is 22.8 Å². The number of fused-ring (bicyclic) bond motifs is 3. The van der Waals surface area contributed by atoms with Crippen LogP contribution in [-0.2, 0) is 30.3 Å². The summed E-state index contributed by atoms with van der Waals surface area (Å²) in [5.74, 6) is -7.77. The van der Waals surface area contributed by atoms with Gasteiger partial charge in [0.25, 0.3) is 5.91 Å². The zero-order chi connectivity index (χ0) is 26.7. The highest BCUT2D eigenvalue weighted by Crippen LogP contribution is 2.53.